The summed E-state index contributed by atoms with van der Waals surface area (Å²) in [5, 5.41) is 10.3. The van der Waals surface area contributed by atoms with Crippen LogP contribution in [0.3, 0.4) is 0 Å². The number of hydrogen-bond donors (Lipinski definition) is 1. The molecule has 3 atom stereocenters. The standard InChI is InChI=1S/C19H31NO/c1-3-7-17-10-11-19(21)18(14-17)15-20(2)13-12-16-8-5-4-6-9-16/h4-6,8-9,17-19,21H,3,7,10-15H2,1-2H3. The van der Waals surface area contributed by atoms with Crippen molar-refractivity contribution in [2.24, 2.45) is 11.8 Å². The summed E-state index contributed by atoms with van der Waals surface area (Å²) < 4.78 is 0. The third-order valence-electron chi connectivity index (χ3n) is 4.92. The van der Waals surface area contributed by atoms with Gasteiger partial charge in [0, 0.05) is 13.1 Å². The number of aliphatic hydroxyl groups is 1. The Balaban J connectivity index is 1.76. The molecule has 1 fully saturated rings. The van der Waals surface area contributed by atoms with Crippen molar-refractivity contribution in [1.82, 2.24) is 4.90 Å². The van der Waals surface area contributed by atoms with Crippen molar-refractivity contribution in [2.45, 2.75) is 51.6 Å². The van der Waals surface area contributed by atoms with Gasteiger partial charge in [0.2, 0.25) is 0 Å². The molecule has 1 aliphatic carbocycles. The van der Waals surface area contributed by atoms with Gasteiger partial charge in [0.05, 0.1) is 6.10 Å². The van der Waals surface area contributed by atoms with Gasteiger partial charge in [-0.15, -0.1) is 0 Å². The van der Waals surface area contributed by atoms with Gasteiger partial charge in [-0.3, -0.25) is 0 Å². The first kappa shape index (κ1) is 16.5. The molecule has 0 bridgehead atoms. The van der Waals surface area contributed by atoms with E-state index in [4.69, 9.17) is 0 Å². The summed E-state index contributed by atoms with van der Waals surface area (Å²) in [7, 11) is 2.19. The van der Waals surface area contributed by atoms with Crippen molar-refractivity contribution >= 4 is 0 Å². The third-order valence-corrected chi connectivity index (χ3v) is 4.92. The summed E-state index contributed by atoms with van der Waals surface area (Å²) in [4.78, 5) is 2.40. The van der Waals surface area contributed by atoms with Crippen LogP contribution in [0.4, 0.5) is 0 Å². The molecule has 21 heavy (non-hydrogen) atoms. The van der Waals surface area contributed by atoms with Crippen molar-refractivity contribution < 1.29 is 5.11 Å². The van der Waals surface area contributed by atoms with Crippen molar-refractivity contribution in [2.75, 3.05) is 20.1 Å². The Kier molecular flexibility index (Phi) is 6.72. The molecule has 2 rings (SSSR count). The number of rotatable bonds is 7. The predicted molar refractivity (Wildman–Crippen MR) is 89.4 cm³/mol. The first-order valence-electron chi connectivity index (χ1n) is 8.59. The largest absolute Gasteiger partial charge is 0.393 e. The zero-order chi connectivity index (χ0) is 15.1. The average molecular weight is 289 g/mol. The van der Waals surface area contributed by atoms with Crippen LogP contribution in [0.5, 0.6) is 0 Å². The van der Waals surface area contributed by atoms with Crippen LogP contribution in [-0.2, 0) is 6.42 Å². The number of likely N-dealkylation sites (N-methyl/N-ethyl adjacent to an activating group) is 1. The van der Waals surface area contributed by atoms with Gasteiger partial charge in [0.25, 0.3) is 0 Å². The molecule has 0 aromatic heterocycles. The minimum absolute atomic E-state index is 0.0859. The van der Waals surface area contributed by atoms with Crippen LogP contribution in [0.15, 0.2) is 30.3 Å². The molecular weight excluding hydrogens is 258 g/mol. The van der Waals surface area contributed by atoms with Crippen LogP contribution in [0.2, 0.25) is 0 Å². The van der Waals surface area contributed by atoms with Crippen LogP contribution < -0.4 is 0 Å². The second kappa shape index (κ2) is 8.55. The third kappa shape index (κ3) is 5.44. The number of hydrogen-bond acceptors (Lipinski definition) is 2. The molecule has 0 amide bonds. The van der Waals surface area contributed by atoms with Crippen molar-refractivity contribution in [3.05, 3.63) is 35.9 Å². The highest BCUT2D eigenvalue weighted by Crippen LogP contribution is 2.32. The second-order valence-electron chi connectivity index (χ2n) is 6.79. The lowest BCUT2D eigenvalue weighted by molar-refractivity contribution is 0.0301. The van der Waals surface area contributed by atoms with Gasteiger partial charge in [-0.1, -0.05) is 50.1 Å². The van der Waals surface area contributed by atoms with Gasteiger partial charge >= 0.3 is 0 Å². The van der Waals surface area contributed by atoms with E-state index in [2.05, 4.69) is 49.2 Å². The molecule has 118 valence electrons. The molecule has 3 unspecified atom stereocenters. The molecule has 0 radical (unpaired) electrons. The number of aliphatic hydroxyl groups excluding tert-OH is 1. The van der Waals surface area contributed by atoms with Gasteiger partial charge in [-0.2, -0.15) is 0 Å². The Labute approximate surface area is 130 Å². The van der Waals surface area contributed by atoms with E-state index >= 15 is 0 Å². The van der Waals surface area contributed by atoms with Gasteiger partial charge in [-0.25, -0.2) is 0 Å². The fourth-order valence-electron chi connectivity index (χ4n) is 3.67. The fourth-order valence-corrected chi connectivity index (χ4v) is 3.67. The minimum atomic E-state index is -0.0859. The van der Waals surface area contributed by atoms with Crippen LogP contribution in [0.1, 0.15) is 44.6 Å². The van der Waals surface area contributed by atoms with Gasteiger partial charge in [0.15, 0.2) is 0 Å². The molecule has 1 saturated carbocycles. The van der Waals surface area contributed by atoms with E-state index in [1.54, 1.807) is 0 Å². The highest BCUT2D eigenvalue weighted by molar-refractivity contribution is 5.14. The topological polar surface area (TPSA) is 23.5 Å². The smallest absolute Gasteiger partial charge is 0.0580 e. The summed E-state index contributed by atoms with van der Waals surface area (Å²) >= 11 is 0. The Hall–Kier alpha value is -0.860. The molecular formula is C19H31NO. The summed E-state index contributed by atoms with van der Waals surface area (Å²) in [5.41, 5.74) is 1.40. The normalized spacial score (nSPS) is 26.2. The molecule has 0 saturated heterocycles. The minimum Gasteiger partial charge on any atom is -0.393 e. The van der Waals surface area contributed by atoms with E-state index in [1.165, 1.54) is 31.2 Å². The lowest BCUT2D eigenvalue weighted by Gasteiger charge is -2.35. The lowest BCUT2D eigenvalue weighted by Crippen LogP contribution is -2.38. The molecule has 1 aliphatic rings. The zero-order valence-corrected chi connectivity index (χ0v) is 13.7. The molecule has 1 aromatic rings. The summed E-state index contributed by atoms with van der Waals surface area (Å²) in [6.07, 6.45) is 7.05. The van der Waals surface area contributed by atoms with E-state index in [0.29, 0.717) is 5.92 Å². The first-order valence-corrected chi connectivity index (χ1v) is 8.59. The quantitative estimate of drug-likeness (QED) is 0.826. The Morgan fingerprint density at radius 1 is 1.19 bits per heavy atom. The SMILES string of the molecule is CCCC1CCC(O)C(CN(C)CCc2ccccc2)C1. The van der Waals surface area contributed by atoms with Crippen LogP contribution in [-0.4, -0.2) is 36.2 Å². The zero-order valence-electron chi connectivity index (χ0n) is 13.7. The van der Waals surface area contributed by atoms with Crippen LogP contribution in [0, 0.1) is 11.8 Å². The van der Waals surface area contributed by atoms with E-state index in [-0.39, 0.29) is 6.10 Å². The molecule has 1 N–H and O–H groups in total. The van der Waals surface area contributed by atoms with Gasteiger partial charge in [0.1, 0.15) is 0 Å². The maximum Gasteiger partial charge on any atom is 0.0580 e. The highest BCUT2D eigenvalue weighted by atomic mass is 16.3. The summed E-state index contributed by atoms with van der Waals surface area (Å²) in [6.45, 7) is 4.38. The molecule has 1 aromatic carbocycles. The summed E-state index contributed by atoms with van der Waals surface area (Å²) in [6, 6.07) is 10.7. The molecule has 0 spiro atoms. The van der Waals surface area contributed by atoms with Crippen LogP contribution >= 0.6 is 0 Å². The number of nitrogens with zero attached hydrogens (tertiary/aromatic N) is 1. The van der Waals surface area contributed by atoms with Gasteiger partial charge in [-0.05, 0) is 50.1 Å². The van der Waals surface area contributed by atoms with E-state index in [0.717, 1.165) is 31.8 Å². The lowest BCUT2D eigenvalue weighted by atomic mass is 9.77. The van der Waals surface area contributed by atoms with E-state index in [9.17, 15) is 5.11 Å². The molecule has 2 nitrogen and oxygen atoms in total. The predicted octanol–water partition coefficient (Wildman–Crippen LogP) is 3.74. The van der Waals surface area contributed by atoms with Crippen molar-refractivity contribution in [3.63, 3.8) is 0 Å². The Morgan fingerprint density at radius 2 is 1.95 bits per heavy atom. The first-order chi connectivity index (χ1) is 10.2. The van der Waals surface area contributed by atoms with Crippen LogP contribution in [0.25, 0.3) is 0 Å². The maximum atomic E-state index is 10.3. The molecule has 0 aliphatic heterocycles. The summed E-state index contributed by atoms with van der Waals surface area (Å²) in [5.74, 6) is 1.31. The number of benzene rings is 1. The van der Waals surface area contributed by atoms with Gasteiger partial charge < -0.3 is 10.0 Å². The van der Waals surface area contributed by atoms with Crippen molar-refractivity contribution in [1.29, 1.82) is 0 Å². The molecule has 0 heterocycles. The Morgan fingerprint density at radius 3 is 2.67 bits per heavy atom. The monoisotopic (exact) mass is 289 g/mol. The highest BCUT2D eigenvalue weighted by Gasteiger charge is 2.29. The van der Waals surface area contributed by atoms with Crippen molar-refractivity contribution in [3.8, 4) is 0 Å². The van der Waals surface area contributed by atoms with E-state index < -0.39 is 0 Å². The fraction of sp³-hybridized carbons (Fsp3) is 0.684. The Bertz CT molecular complexity index is 392. The molecule has 2 heteroatoms. The average Bonchev–Trinajstić information content (AvgIpc) is 2.50. The maximum absolute atomic E-state index is 10.3. The second-order valence-corrected chi connectivity index (χ2v) is 6.79. The van der Waals surface area contributed by atoms with E-state index in [1.807, 2.05) is 0 Å².